The maximum atomic E-state index is 12.1. The van der Waals surface area contributed by atoms with Gasteiger partial charge in [0.05, 0.1) is 25.0 Å². The van der Waals surface area contributed by atoms with Crippen molar-refractivity contribution in [3.05, 3.63) is 23.7 Å². The summed E-state index contributed by atoms with van der Waals surface area (Å²) >= 11 is 1.63. The third-order valence-electron chi connectivity index (χ3n) is 3.52. The van der Waals surface area contributed by atoms with Gasteiger partial charge in [-0.3, -0.25) is 4.79 Å². The third-order valence-corrected chi connectivity index (χ3v) is 4.09. The lowest BCUT2D eigenvalue weighted by Gasteiger charge is -2.16. The molecule has 6 nitrogen and oxygen atoms in total. The topological polar surface area (TPSA) is 80.9 Å². The molecule has 2 aliphatic heterocycles. The van der Waals surface area contributed by atoms with E-state index in [9.17, 15) is 9.90 Å². The number of amides is 1. The summed E-state index contributed by atoms with van der Waals surface area (Å²) in [5, 5.41) is 12.5. The Morgan fingerprint density at radius 3 is 3.00 bits per heavy atom. The fourth-order valence-corrected chi connectivity index (χ4v) is 3.00. The number of hydrogen-bond donors (Lipinski definition) is 2. The number of nitrogens with one attached hydrogen (secondary N) is 1. The zero-order chi connectivity index (χ0) is 14.1. The normalized spacial score (nSPS) is 32.3. The van der Waals surface area contributed by atoms with Crippen molar-refractivity contribution in [3.63, 3.8) is 0 Å². The van der Waals surface area contributed by atoms with E-state index in [1.54, 1.807) is 23.9 Å². The average Bonchev–Trinajstić information content (AvgIpc) is 3.10. The Morgan fingerprint density at radius 2 is 2.20 bits per heavy atom. The summed E-state index contributed by atoms with van der Waals surface area (Å²) in [6.45, 7) is 0.594. The fourth-order valence-electron chi connectivity index (χ4n) is 2.56. The molecule has 1 aromatic rings. The van der Waals surface area contributed by atoms with Crippen molar-refractivity contribution >= 4 is 17.7 Å². The van der Waals surface area contributed by atoms with Crippen LogP contribution < -0.4 is 5.32 Å². The van der Waals surface area contributed by atoms with Crippen LogP contribution in [0.4, 0.5) is 0 Å². The second-order valence-electron chi connectivity index (χ2n) is 4.94. The van der Waals surface area contributed by atoms with Crippen molar-refractivity contribution in [2.75, 3.05) is 19.5 Å². The molecule has 0 radical (unpaired) electrons. The largest absolute Gasteiger partial charge is 0.455 e. The minimum Gasteiger partial charge on any atom is -0.455 e. The standard InChI is InChI=1S/C13H17NO5S/c1-20-6-7-2-3-10(19-7)13(16)14-8-4-17-12-9(15)5-18-11(8)12/h2-3,8-9,11-12,15H,4-6H2,1H3,(H,14,16)/t8-,9-,11-,12-/m1/s1. The Morgan fingerprint density at radius 1 is 1.40 bits per heavy atom. The van der Waals surface area contributed by atoms with E-state index in [1.165, 1.54) is 0 Å². The summed E-state index contributed by atoms with van der Waals surface area (Å²) in [5.41, 5.74) is 0. The molecule has 0 spiro atoms. The van der Waals surface area contributed by atoms with Gasteiger partial charge in [0.25, 0.3) is 5.91 Å². The van der Waals surface area contributed by atoms with Crippen LogP contribution >= 0.6 is 11.8 Å². The van der Waals surface area contributed by atoms with Crippen LogP contribution in [0.3, 0.4) is 0 Å². The Balaban J connectivity index is 1.61. The van der Waals surface area contributed by atoms with Gasteiger partial charge in [-0.25, -0.2) is 0 Å². The zero-order valence-corrected chi connectivity index (χ0v) is 11.9. The second-order valence-corrected chi connectivity index (χ2v) is 5.81. The molecule has 2 aliphatic rings. The predicted molar refractivity (Wildman–Crippen MR) is 72.7 cm³/mol. The Bertz CT molecular complexity index is 491. The van der Waals surface area contributed by atoms with E-state index in [4.69, 9.17) is 13.9 Å². The highest BCUT2D eigenvalue weighted by atomic mass is 32.2. The first-order valence-electron chi connectivity index (χ1n) is 6.49. The van der Waals surface area contributed by atoms with Gasteiger partial charge < -0.3 is 24.3 Å². The van der Waals surface area contributed by atoms with Crippen LogP contribution in [0.5, 0.6) is 0 Å². The highest BCUT2D eigenvalue weighted by molar-refractivity contribution is 7.97. The Kier molecular flexibility index (Phi) is 4.02. The van der Waals surface area contributed by atoms with Crippen molar-refractivity contribution < 1.29 is 23.8 Å². The van der Waals surface area contributed by atoms with Crippen molar-refractivity contribution in [3.8, 4) is 0 Å². The summed E-state index contributed by atoms with van der Waals surface area (Å²) in [5.74, 6) is 1.52. The summed E-state index contributed by atoms with van der Waals surface area (Å²) in [7, 11) is 0. The number of aliphatic hydroxyl groups excluding tert-OH is 1. The molecule has 0 bridgehead atoms. The Hall–Kier alpha value is -1.02. The van der Waals surface area contributed by atoms with Crippen molar-refractivity contribution in [2.24, 2.45) is 0 Å². The van der Waals surface area contributed by atoms with Gasteiger partial charge in [-0.15, -0.1) is 0 Å². The SMILES string of the molecule is CSCc1ccc(C(=O)N[C@@H]2CO[C@H]3[C@@H]2OC[C@H]3O)o1. The number of carbonyl (C=O) groups excluding carboxylic acids is 1. The molecule has 0 aromatic carbocycles. The predicted octanol–water partition coefficient (Wildman–Crippen LogP) is 0.399. The third kappa shape index (κ3) is 2.58. The molecule has 0 saturated carbocycles. The van der Waals surface area contributed by atoms with E-state index in [-0.39, 0.29) is 36.5 Å². The van der Waals surface area contributed by atoms with Gasteiger partial charge in [-0.1, -0.05) is 0 Å². The quantitative estimate of drug-likeness (QED) is 0.837. The monoisotopic (exact) mass is 299 g/mol. The van der Waals surface area contributed by atoms with E-state index in [0.717, 1.165) is 11.5 Å². The molecule has 7 heteroatoms. The molecule has 20 heavy (non-hydrogen) atoms. The van der Waals surface area contributed by atoms with Crippen LogP contribution in [0.1, 0.15) is 16.3 Å². The molecule has 0 unspecified atom stereocenters. The summed E-state index contributed by atoms with van der Waals surface area (Å²) in [4.78, 5) is 12.1. The molecule has 2 saturated heterocycles. The second kappa shape index (κ2) is 5.77. The van der Waals surface area contributed by atoms with E-state index in [2.05, 4.69) is 5.32 Å². The molecule has 0 aliphatic carbocycles. The molecule has 2 fully saturated rings. The number of thioether (sulfide) groups is 1. The van der Waals surface area contributed by atoms with Gasteiger partial charge in [-0.05, 0) is 18.4 Å². The molecule has 1 amide bonds. The number of aliphatic hydroxyl groups is 1. The highest BCUT2D eigenvalue weighted by Gasteiger charge is 2.47. The smallest absolute Gasteiger partial charge is 0.287 e. The maximum absolute atomic E-state index is 12.1. The Labute approximate surface area is 120 Å². The number of rotatable bonds is 4. The van der Waals surface area contributed by atoms with Gasteiger partial charge in [0.15, 0.2) is 5.76 Å². The number of hydrogen-bond acceptors (Lipinski definition) is 6. The number of carbonyl (C=O) groups is 1. The minimum absolute atomic E-state index is 0.250. The molecule has 2 N–H and O–H groups in total. The van der Waals surface area contributed by atoms with Crippen molar-refractivity contribution in [1.29, 1.82) is 0 Å². The molecule has 3 heterocycles. The van der Waals surface area contributed by atoms with Crippen LogP contribution in [-0.2, 0) is 15.2 Å². The number of furan rings is 1. The molecular formula is C13H17NO5S. The van der Waals surface area contributed by atoms with Crippen LogP contribution in [0.15, 0.2) is 16.5 Å². The fraction of sp³-hybridized carbons (Fsp3) is 0.615. The minimum atomic E-state index is -0.612. The lowest BCUT2D eigenvalue weighted by Crippen LogP contribution is -2.44. The van der Waals surface area contributed by atoms with E-state index >= 15 is 0 Å². The first-order chi connectivity index (χ1) is 9.69. The lowest BCUT2D eigenvalue weighted by molar-refractivity contribution is 0.0178. The van der Waals surface area contributed by atoms with Gasteiger partial charge in [0, 0.05) is 0 Å². The van der Waals surface area contributed by atoms with Crippen LogP contribution in [-0.4, -0.2) is 54.8 Å². The number of fused-ring (bicyclic) bond motifs is 1. The molecule has 1 aromatic heterocycles. The zero-order valence-electron chi connectivity index (χ0n) is 11.1. The van der Waals surface area contributed by atoms with Gasteiger partial charge in [0.1, 0.15) is 24.1 Å². The molecule has 4 atom stereocenters. The van der Waals surface area contributed by atoms with Crippen LogP contribution in [0.25, 0.3) is 0 Å². The van der Waals surface area contributed by atoms with Gasteiger partial charge >= 0.3 is 0 Å². The molecule has 3 rings (SSSR count). The first kappa shape index (κ1) is 13.9. The average molecular weight is 299 g/mol. The first-order valence-corrected chi connectivity index (χ1v) is 7.88. The van der Waals surface area contributed by atoms with Crippen LogP contribution in [0.2, 0.25) is 0 Å². The van der Waals surface area contributed by atoms with Gasteiger partial charge in [0.2, 0.25) is 0 Å². The van der Waals surface area contributed by atoms with Crippen LogP contribution in [0, 0.1) is 0 Å². The van der Waals surface area contributed by atoms with Gasteiger partial charge in [-0.2, -0.15) is 11.8 Å². The summed E-state index contributed by atoms with van der Waals surface area (Å²) < 4.78 is 16.4. The van der Waals surface area contributed by atoms with Crippen molar-refractivity contribution in [2.45, 2.75) is 30.1 Å². The summed E-state index contributed by atoms with van der Waals surface area (Å²) in [6, 6.07) is 3.21. The maximum Gasteiger partial charge on any atom is 0.287 e. The van der Waals surface area contributed by atoms with Crippen molar-refractivity contribution in [1.82, 2.24) is 5.32 Å². The molecular weight excluding hydrogens is 282 g/mol. The highest BCUT2D eigenvalue weighted by Crippen LogP contribution is 2.27. The summed E-state index contributed by atoms with van der Waals surface area (Å²) in [6.07, 6.45) is 0.735. The molecule has 110 valence electrons. The van der Waals surface area contributed by atoms with E-state index in [1.807, 2.05) is 6.26 Å². The van der Waals surface area contributed by atoms with E-state index in [0.29, 0.717) is 6.61 Å². The lowest BCUT2D eigenvalue weighted by atomic mass is 10.1. The van der Waals surface area contributed by atoms with E-state index < -0.39 is 6.10 Å². The number of ether oxygens (including phenoxy) is 2.